The lowest BCUT2D eigenvalue weighted by Crippen LogP contribution is -2.28. The summed E-state index contributed by atoms with van der Waals surface area (Å²) >= 11 is 0. The highest BCUT2D eigenvalue weighted by atomic mass is 16.5. The van der Waals surface area contributed by atoms with E-state index in [1.165, 1.54) is 30.2 Å². The van der Waals surface area contributed by atoms with Crippen LogP contribution in [0.3, 0.4) is 0 Å². The van der Waals surface area contributed by atoms with Crippen LogP contribution in [0.5, 0.6) is 5.75 Å². The van der Waals surface area contributed by atoms with Crippen LogP contribution in [-0.2, 0) is 14.3 Å². The van der Waals surface area contributed by atoms with Crippen molar-refractivity contribution in [1.82, 2.24) is 0 Å². The van der Waals surface area contributed by atoms with E-state index in [1.807, 2.05) is 0 Å². The Hall–Kier alpha value is -2.57. The largest absolute Gasteiger partial charge is 0.507 e. The summed E-state index contributed by atoms with van der Waals surface area (Å²) in [4.78, 5) is 35.6. The molecule has 7 nitrogen and oxygen atoms in total. The average molecular weight is 278 g/mol. The molecule has 106 valence electrons. The molecule has 2 amide bonds. The number of anilines is 1. The molecule has 1 aromatic carbocycles. The first-order valence-corrected chi connectivity index (χ1v) is 5.95. The SMILES string of the molecule is COC(=O)c1ccc(N2CC(C(N)=O)CC2=O)cc1O. The standard InChI is InChI=1S/C13H14N2O5/c1-20-13(19)9-3-2-8(5-10(9)16)15-6-7(12(14)18)4-11(15)17/h2-3,5,7,16H,4,6H2,1H3,(H2,14,18). The van der Waals surface area contributed by atoms with Crippen LogP contribution in [0.4, 0.5) is 5.69 Å². The second-order valence-corrected chi connectivity index (χ2v) is 4.50. The average Bonchev–Trinajstić information content (AvgIpc) is 2.80. The molecule has 1 saturated heterocycles. The van der Waals surface area contributed by atoms with E-state index in [9.17, 15) is 19.5 Å². The Bertz CT molecular complexity index is 584. The topological polar surface area (TPSA) is 110 Å². The molecule has 20 heavy (non-hydrogen) atoms. The number of benzene rings is 1. The maximum absolute atomic E-state index is 11.8. The first kappa shape index (κ1) is 13.9. The van der Waals surface area contributed by atoms with E-state index in [0.717, 1.165) is 0 Å². The molecule has 2 rings (SSSR count). The molecule has 0 aromatic heterocycles. The van der Waals surface area contributed by atoms with Crippen molar-refractivity contribution in [1.29, 1.82) is 0 Å². The Kier molecular flexibility index (Phi) is 3.60. The first-order chi connectivity index (χ1) is 9.43. The number of rotatable bonds is 3. The van der Waals surface area contributed by atoms with Gasteiger partial charge in [0.1, 0.15) is 11.3 Å². The Labute approximate surface area is 114 Å². The van der Waals surface area contributed by atoms with E-state index < -0.39 is 17.8 Å². The zero-order chi connectivity index (χ0) is 14.9. The van der Waals surface area contributed by atoms with E-state index in [4.69, 9.17) is 5.73 Å². The van der Waals surface area contributed by atoms with Crippen molar-refractivity contribution >= 4 is 23.5 Å². The number of phenols is 1. The van der Waals surface area contributed by atoms with Crippen LogP contribution in [0.25, 0.3) is 0 Å². The number of ether oxygens (including phenoxy) is 1. The number of primary amides is 1. The molecule has 1 heterocycles. The van der Waals surface area contributed by atoms with Crippen molar-refractivity contribution in [2.24, 2.45) is 11.7 Å². The van der Waals surface area contributed by atoms with Gasteiger partial charge < -0.3 is 20.5 Å². The van der Waals surface area contributed by atoms with Crippen molar-refractivity contribution in [3.8, 4) is 5.75 Å². The second kappa shape index (κ2) is 5.20. The van der Waals surface area contributed by atoms with Crippen molar-refractivity contribution in [2.45, 2.75) is 6.42 Å². The number of carbonyl (C=O) groups excluding carboxylic acids is 3. The van der Waals surface area contributed by atoms with Crippen molar-refractivity contribution in [2.75, 3.05) is 18.6 Å². The van der Waals surface area contributed by atoms with Gasteiger partial charge in [-0.05, 0) is 12.1 Å². The van der Waals surface area contributed by atoms with Crippen LogP contribution in [0.1, 0.15) is 16.8 Å². The summed E-state index contributed by atoms with van der Waals surface area (Å²) in [7, 11) is 1.21. The zero-order valence-electron chi connectivity index (χ0n) is 10.8. The lowest BCUT2D eigenvalue weighted by Gasteiger charge is -2.17. The number of hydrogen-bond donors (Lipinski definition) is 2. The van der Waals surface area contributed by atoms with E-state index in [2.05, 4.69) is 4.74 Å². The van der Waals surface area contributed by atoms with Crippen molar-refractivity contribution in [3.63, 3.8) is 0 Å². The van der Waals surface area contributed by atoms with Crippen LogP contribution in [-0.4, -0.2) is 36.5 Å². The van der Waals surface area contributed by atoms with Gasteiger partial charge in [-0.15, -0.1) is 0 Å². The highest BCUT2D eigenvalue weighted by molar-refractivity contribution is 6.01. The number of aromatic hydroxyl groups is 1. The molecule has 0 spiro atoms. The number of hydrogen-bond acceptors (Lipinski definition) is 5. The minimum atomic E-state index is -0.670. The number of carbonyl (C=O) groups is 3. The minimum absolute atomic E-state index is 0.00865. The fraction of sp³-hybridized carbons (Fsp3) is 0.308. The Morgan fingerprint density at radius 2 is 2.15 bits per heavy atom. The highest BCUT2D eigenvalue weighted by Gasteiger charge is 2.34. The molecule has 1 fully saturated rings. The van der Waals surface area contributed by atoms with Crippen molar-refractivity contribution in [3.05, 3.63) is 23.8 Å². The van der Waals surface area contributed by atoms with Crippen LogP contribution in [0, 0.1) is 5.92 Å². The molecule has 7 heteroatoms. The summed E-state index contributed by atoms with van der Waals surface area (Å²) < 4.78 is 4.51. The summed E-state index contributed by atoms with van der Waals surface area (Å²) in [5.41, 5.74) is 5.60. The number of esters is 1. The Balaban J connectivity index is 2.26. The third-order valence-electron chi connectivity index (χ3n) is 3.23. The molecule has 1 unspecified atom stereocenters. The summed E-state index contributed by atoms with van der Waals surface area (Å²) in [5.74, 6) is -2.28. The molecule has 0 saturated carbocycles. The monoisotopic (exact) mass is 278 g/mol. The van der Waals surface area contributed by atoms with Gasteiger partial charge in [0.25, 0.3) is 0 Å². The number of nitrogens with two attached hydrogens (primary N) is 1. The predicted octanol–water partition coefficient (Wildman–Crippen LogP) is 0.0170. The molecule has 1 aromatic rings. The Morgan fingerprint density at radius 1 is 1.45 bits per heavy atom. The molecular weight excluding hydrogens is 264 g/mol. The first-order valence-electron chi connectivity index (χ1n) is 5.95. The van der Waals surface area contributed by atoms with Gasteiger partial charge in [-0.1, -0.05) is 0 Å². The fourth-order valence-corrected chi connectivity index (χ4v) is 2.12. The molecule has 0 radical (unpaired) electrons. The van der Waals surface area contributed by atoms with E-state index in [1.54, 1.807) is 0 Å². The highest BCUT2D eigenvalue weighted by Crippen LogP contribution is 2.29. The molecule has 0 aliphatic carbocycles. The molecule has 3 N–H and O–H groups in total. The summed E-state index contributed by atoms with van der Waals surface area (Å²) in [6.45, 7) is 0.172. The van der Waals surface area contributed by atoms with E-state index in [-0.39, 0.29) is 30.2 Å². The van der Waals surface area contributed by atoms with Crippen LogP contribution < -0.4 is 10.6 Å². The van der Waals surface area contributed by atoms with Gasteiger partial charge in [-0.2, -0.15) is 0 Å². The summed E-state index contributed by atoms with van der Waals surface area (Å²) in [6.07, 6.45) is 0.0504. The van der Waals surface area contributed by atoms with Gasteiger partial charge in [0.15, 0.2) is 0 Å². The van der Waals surface area contributed by atoms with Gasteiger partial charge in [-0.3, -0.25) is 9.59 Å². The normalized spacial score (nSPS) is 18.1. The van der Waals surface area contributed by atoms with Gasteiger partial charge in [0, 0.05) is 24.7 Å². The van der Waals surface area contributed by atoms with Gasteiger partial charge >= 0.3 is 5.97 Å². The summed E-state index contributed by atoms with van der Waals surface area (Å²) in [6, 6.07) is 4.15. The van der Waals surface area contributed by atoms with Crippen LogP contribution in [0.15, 0.2) is 18.2 Å². The molecule has 1 aliphatic rings. The third kappa shape index (κ3) is 2.42. The third-order valence-corrected chi connectivity index (χ3v) is 3.23. The van der Waals surface area contributed by atoms with Crippen molar-refractivity contribution < 1.29 is 24.2 Å². The maximum Gasteiger partial charge on any atom is 0.341 e. The zero-order valence-corrected chi connectivity index (χ0v) is 10.8. The van der Waals surface area contributed by atoms with Gasteiger partial charge in [0.05, 0.1) is 13.0 Å². The molecule has 1 aliphatic heterocycles. The Morgan fingerprint density at radius 3 is 2.65 bits per heavy atom. The number of phenolic OH excluding ortho intramolecular Hbond substituents is 1. The van der Waals surface area contributed by atoms with E-state index in [0.29, 0.717) is 5.69 Å². The van der Waals surface area contributed by atoms with Crippen LogP contribution >= 0.6 is 0 Å². The summed E-state index contributed by atoms with van der Waals surface area (Å²) in [5, 5.41) is 9.78. The minimum Gasteiger partial charge on any atom is -0.507 e. The predicted molar refractivity (Wildman–Crippen MR) is 69.1 cm³/mol. The fourth-order valence-electron chi connectivity index (χ4n) is 2.12. The smallest absolute Gasteiger partial charge is 0.341 e. The molecule has 1 atom stereocenters. The van der Waals surface area contributed by atoms with Gasteiger partial charge in [-0.25, -0.2) is 4.79 Å². The lowest BCUT2D eigenvalue weighted by atomic mass is 10.1. The van der Waals surface area contributed by atoms with Gasteiger partial charge in [0.2, 0.25) is 11.8 Å². The maximum atomic E-state index is 11.8. The lowest BCUT2D eigenvalue weighted by molar-refractivity contribution is -0.123. The number of methoxy groups -OCH3 is 1. The number of amides is 2. The van der Waals surface area contributed by atoms with E-state index >= 15 is 0 Å². The quantitative estimate of drug-likeness (QED) is 0.757. The second-order valence-electron chi connectivity index (χ2n) is 4.50. The van der Waals surface area contributed by atoms with Crippen LogP contribution in [0.2, 0.25) is 0 Å². The molecular formula is C13H14N2O5. The molecule has 0 bridgehead atoms. The number of nitrogens with zero attached hydrogens (tertiary/aromatic N) is 1.